The van der Waals surface area contributed by atoms with Gasteiger partial charge in [0.05, 0.1) is 0 Å². The Morgan fingerprint density at radius 2 is 2.08 bits per heavy atom. The molecule has 0 saturated carbocycles. The zero-order valence-electron chi connectivity index (χ0n) is 14.2. The Bertz CT molecular complexity index is 875. The van der Waals surface area contributed by atoms with Crippen molar-refractivity contribution in [2.45, 2.75) is 13.0 Å². The summed E-state index contributed by atoms with van der Waals surface area (Å²) in [4.78, 5) is 18.3. The van der Waals surface area contributed by atoms with Crippen molar-refractivity contribution in [3.63, 3.8) is 0 Å². The number of carbonyl (C=O) groups is 1. The highest BCUT2D eigenvalue weighted by molar-refractivity contribution is 5.76. The van der Waals surface area contributed by atoms with E-state index in [1.165, 1.54) is 10.3 Å². The Hall–Kier alpha value is -3.52. The van der Waals surface area contributed by atoms with Crippen LogP contribution in [0, 0.1) is 28.6 Å². The van der Waals surface area contributed by atoms with Crippen LogP contribution in [0.1, 0.15) is 17.8 Å². The van der Waals surface area contributed by atoms with Crippen LogP contribution in [0.4, 0.5) is 11.6 Å². The van der Waals surface area contributed by atoms with Crippen molar-refractivity contribution in [3.05, 3.63) is 41.7 Å². The number of nitrogens with two attached hydrogens (primary N) is 1. The normalized spacial score (nSPS) is 16.1. The Kier molecular flexibility index (Phi) is 5.04. The average molecular weight is 349 g/mol. The van der Waals surface area contributed by atoms with Crippen molar-refractivity contribution in [3.8, 4) is 12.1 Å². The standard InChI is InChI=1S/C18H19N7O/c19-8-15-16(9-20)25(18(21)23-15)12-17(26)22-10-13-6-7-24(11-13)14-4-2-1-3-5-14/h1-5,13H,6-7,10-12H2,(H2,21,23)(H,22,26)/t13-/m0/s1. The van der Waals surface area contributed by atoms with Gasteiger partial charge in [-0.25, -0.2) is 4.98 Å². The smallest absolute Gasteiger partial charge is 0.240 e. The van der Waals surface area contributed by atoms with Crippen LogP contribution in [-0.4, -0.2) is 35.1 Å². The van der Waals surface area contributed by atoms with Gasteiger partial charge in [-0.3, -0.25) is 9.36 Å². The van der Waals surface area contributed by atoms with E-state index < -0.39 is 0 Å². The lowest BCUT2D eigenvalue weighted by atomic mass is 10.1. The van der Waals surface area contributed by atoms with E-state index in [1.807, 2.05) is 24.3 Å². The van der Waals surface area contributed by atoms with Crippen molar-refractivity contribution >= 4 is 17.5 Å². The monoisotopic (exact) mass is 349 g/mol. The SMILES string of the molecule is N#Cc1nc(N)n(CC(=O)NC[C@@H]2CCN(c3ccccc3)C2)c1C#N. The van der Waals surface area contributed by atoms with E-state index in [0.717, 1.165) is 19.5 Å². The molecule has 8 heteroatoms. The molecule has 3 N–H and O–H groups in total. The molecule has 26 heavy (non-hydrogen) atoms. The first kappa shape index (κ1) is 17.3. The second-order valence-corrected chi connectivity index (χ2v) is 6.22. The fraction of sp³-hybridized carbons (Fsp3) is 0.333. The molecule has 1 atom stereocenters. The summed E-state index contributed by atoms with van der Waals surface area (Å²) in [5.41, 5.74) is 6.84. The molecule has 2 heterocycles. The number of benzene rings is 1. The van der Waals surface area contributed by atoms with Crippen molar-refractivity contribution in [1.82, 2.24) is 14.9 Å². The molecule has 0 spiro atoms. The summed E-state index contributed by atoms with van der Waals surface area (Å²) in [6.45, 7) is 2.28. The summed E-state index contributed by atoms with van der Waals surface area (Å²) < 4.78 is 1.26. The number of carbonyl (C=O) groups excluding carboxylic acids is 1. The van der Waals surface area contributed by atoms with Crippen LogP contribution >= 0.6 is 0 Å². The Morgan fingerprint density at radius 1 is 1.31 bits per heavy atom. The molecule has 1 aliphatic rings. The van der Waals surface area contributed by atoms with Crippen LogP contribution in [0.25, 0.3) is 0 Å². The molecule has 3 rings (SSSR count). The molecular weight excluding hydrogens is 330 g/mol. The quantitative estimate of drug-likeness (QED) is 0.825. The summed E-state index contributed by atoms with van der Waals surface area (Å²) in [6, 6.07) is 13.9. The fourth-order valence-corrected chi connectivity index (χ4v) is 3.15. The molecular formula is C18H19N7O. The van der Waals surface area contributed by atoms with E-state index >= 15 is 0 Å². The lowest BCUT2D eigenvalue weighted by Crippen LogP contribution is -2.33. The maximum absolute atomic E-state index is 12.2. The largest absolute Gasteiger partial charge is 0.371 e. The number of imidazole rings is 1. The molecule has 0 aliphatic carbocycles. The van der Waals surface area contributed by atoms with Gasteiger partial charge in [-0.15, -0.1) is 0 Å². The second kappa shape index (κ2) is 7.58. The third kappa shape index (κ3) is 3.60. The number of rotatable bonds is 5. The molecule has 0 unspecified atom stereocenters. The van der Waals surface area contributed by atoms with Gasteiger partial charge in [0, 0.05) is 25.3 Å². The molecule has 1 saturated heterocycles. The first-order valence-corrected chi connectivity index (χ1v) is 8.35. The molecule has 1 aliphatic heterocycles. The Labute approximate surface area is 151 Å². The summed E-state index contributed by atoms with van der Waals surface area (Å²) in [7, 11) is 0. The first-order valence-electron chi connectivity index (χ1n) is 8.35. The van der Waals surface area contributed by atoms with E-state index in [-0.39, 0.29) is 29.8 Å². The number of nitrogens with zero attached hydrogens (tertiary/aromatic N) is 5. The van der Waals surface area contributed by atoms with Crippen LogP contribution in [0.2, 0.25) is 0 Å². The van der Waals surface area contributed by atoms with E-state index in [2.05, 4.69) is 27.3 Å². The Balaban J connectivity index is 1.54. The highest BCUT2D eigenvalue weighted by Crippen LogP contribution is 2.23. The number of aromatic nitrogens is 2. The number of hydrogen-bond donors (Lipinski definition) is 2. The zero-order valence-corrected chi connectivity index (χ0v) is 14.2. The number of nitriles is 2. The lowest BCUT2D eigenvalue weighted by molar-refractivity contribution is -0.121. The molecule has 0 radical (unpaired) electrons. The zero-order chi connectivity index (χ0) is 18.5. The number of amides is 1. The van der Waals surface area contributed by atoms with Crippen molar-refractivity contribution < 1.29 is 4.79 Å². The first-order chi connectivity index (χ1) is 12.6. The van der Waals surface area contributed by atoms with Gasteiger partial charge < -0.3 is 16.0 Å². The molecule has 1 amide bonds. The minimum absolute atomic E-state index is 0.00984. The highest BCUT2D eigenvalue weighted by atomic mass is 16.1. The van der Waals surface area contributed by atoms with Gasteiger partial charge >= 0.3 is 0 Å². The van der Waals surface area contributed by atoms with Crippen molar-refractivity contribution in [1.29, 1.82) is 10.5 Å². The number of anilines is 2. The van der Waals surface area contributed by atoms with Gasteiger partial charge in [0.1, 0.15) is 18.7 Å². The summed E-state index contributed by atoms with van der Waals surface area (Å²) >= 11 is 0. The summed E-state index contributed by atoms with van der Waals surface area (Å²) in [5.74, 6) is 0.0991. The third-order valence-corrected chi connectivity index (χ3v) is 4.51. The van der Waals surface area contributed by atoms with Gasteiger partial charge in [-0.05, 0) is 24.5 Å². The summed E-state index contributed by atoms with van der Waals surface area (Å²) in [5, 5.41) is 21.0. The van der Waals surface area contributed by atoms with Crippen molar-refractivity contribution in [2.75, 3.05) is 30.3 Å². The maximum Gasteiger partial charge on any atom is 0.240 e. The Morgan fingerprint density at radius 3 is 2.77 bits per heavy atom. The van der Waals surface area contributed by atoms with Gasteiger partial charge in [0.25, 0.3) is 0 Å². The average Bonchev–Trinajstić information content (AvgIpc) is 3.25. The predicted octanol–water partition coefficient (Wildman–Crippen LogP) is 0.851. The molecule has 1 aromatic heterocycles. The van der Waals surface area contributed by atoms with Crippen LogP contribution in [0.3, 0.4) is 0 Å². The van der Waals surface area contributed by atoms with Crippen LogP contribution < -0.4 is 16.0 Å². The van der Waals surface area contributed by atoms with Crippen molar-refractivity contribution in [2.24, 2.45) is 5.92 Å². The molecule has 2 aromatic rings. The van der Waals surface area contributed by atoms with Gasteiger partial charge in [0.2, 0.25) is 11.9 Å². The van der Waals surface area contributed by atoms with Gasteiger partial charge in [-0.1, -0.05) is 18.2 Å². The minimum atomic E-state index is -0.256. The second-order valence-electron chi connectivity index (χ2n) is 6.22. The molecule has 0 bridgehead atoms. The summed E-state index contributed by atoms with van der Waals surface area (Å²) in [6.07, 6.45) is 1.00. The number of hydrogen-bond acceptors (Lipinski definition) is 6. The van der Waals surface area contributed by atoms with E-state index in [4.69, 9.17) is 16.3 Å². The van der Waals surface area contributed by atoms with E-state index in [1.54, 1.807) is 6.07 Å². The molecule has 1 fully saturated rings. The van der Waals surface area contributed by atoms with Gasteiger partial charge in [0.15, 0.2) is 11.4 Å². The topological polar surface area (TPSA) is 124 Å². The van der Waals surface area contributed by atoms with Gasteiger partial charge in [-0.2, -0.15) is 10.5 Å². The number of nitrogens with one attached hydrogen (secondary N) is 1. The van der Waals surface area contributed by atoms with Crippen LogP contribution in [0.5, 0.6) is 0 Å². The highest BCUT2D eigenvalue weighted by Gasteiger charge is 2.23. The van der Waals surface area contributed by atoms with Crippen LogP contribution in [0.15, 0.2) is 30.3 Å². The maximum atomic E-state index is 12.2. The molecule has 8 nitrogen and oxygen atoms in total. The van der Waals surface area contributed by atoms with E-state index in [9.17, 15) is 4.79 Å². The number of nitrogen functional groups attached to an aromatic ring is 1. The minimum Gasteiger partial charge on any atom is -0.371 e. The number of para-hydroxylation sites is 1. The molecule has 132 valence electrons. The van der Waals surface area contributed by atoms with Crippen LogP contribution in [-0.2, 0) is 11.3 Å². The molecule has 1 aromatic carbocycles. The van der Waals surface area contributed by atoms with E-state index in [0.29, 0.717) is 12.5 Å². The predicted molar refractivity (Wildman–Crippen MR) is 95.8 cm³/mol. The fourth-order valence-electron chi connectivity index (χ4n) is 3.15. The lowest BCUT2D eigenvalue weighted by Gasteiger charge is -2.18. The third-order valence-electron chi connectivity index (χ3n) is 4.51.